The summed E-state index contributed by atoms with van der Waals surface area (Å²) in [5.74, 6) is -0.192. The van der Waals surface area contributed by atoms with Gasteiger partial charge in [0.25, 0.3) is 0 Å². The Morgan fingerprint density at radius 2 is 1.04 bits per heavy atom. The maximum Gasteiger partial charge on any atom is 0.472 e. The summed E-state index contributed by atoms with van der Waals surface area (Å²) in [7, 11) is -4.33. The standard InChI is InChI=1S/C40H81N2O6P/c1-3-5-7-9-11-13-15-16-17-18-19-20-21-22-24-26-28-30-32-34-40(44)42-38(37-48-49(45,46)47-36-35-41)39(43)33-31-29-27-25-23-14-12-10-8-6-4-2/h31,33,38-39,43H,3-30,32,34-37,41H2,1-2H3,(H,42,44)(H,45,46)/b33-31+. The SMILES string of the molecule is CCCCCCCCCCC/C=C/C(O)C(COP(=O)(O)OCCN)NC(=O)CCCCCCCCCCCCCCCCCCCCC. The zero-order valence-electron chi connectivity index (χ0n) is 32.2. The molecule has 3 unspecified atom stereocenters. The molecule has 0 aromatic heterocycles. The van der Waals surface area contributed by atoms with Crippen LogP contribution in [0.25, 0.3) is 0 Å². The van der Waals surface area contributed by atoms with Gasteiger partial charge in [-0.15, -0.1) is 0 Å². The van der Waals surface area contributed by atoms with Crippen LogP contribution < -0.4 is 11.1 Å². The molecular formula is C40H81N2O6P. The molecule has 0 aromatic carbocycles. The molecule has 0 rings (SSSR count). The summed E-state index contributed by atoms with van der Waals surface area (Å²) >= 11 is 0. The number of nitrogens with two attached hydrogens (primary N) is 1. The van der Waals surface area contributed by atoms with Crippen molar-refractivity contribution in [2.75, 3.05) is 19.8 Å². The van der Waals surface area contributed by atoms with Crippen molar-refractivity contribution < 1.29 is 28.4 Å². The van der Waals surface area contributed by atoms with Crippen molar-refractivity contribution in [3.8, 4) is 0 Å². The van der Waals surface area contributed by atoms with Gasteiger partial charge in [0, 0.05) is 13.0 Å². The second-order valence-electron chi connectivity index (χ2n) is 14.2. The number of rotatable bonds is 39. The third kappa shape index (κ3) is 35.4. The number of hydrogen-bond acceptors (Lipinski definition) is 6. The first kappa shape index (κ1) is 48.2. The number of aliphatic hydroxyl groups is 1. The maximum absolute atomic E-state index is 12.7. The number of unbranched alkanes of at least 4 members (excludes halogenated alkanes) is 27. The minimum Gasteiger partial charge on any atom is -0.387 e. The van der Waals surface area contributed by atoms with Crippen LogP contribution >= 0.6 is 7.82 Å². The molecule has 0 heterocycles. The number of phosphoric ester groups is 1. The third-order valence-corrected chi connectivity index (χ3v) is 10.3. The Labute approximate surface area is 303 Å². The number of carbonyl (C=O) groups excluding carboxylic acids is 1. The first-order chi connectivity index (χ1) is 23.9. The summed E-state index contributed by atoms with van der Waals surface area (Å²) in [6.45, 7) is 4.13. The van der Waals surface area contributed by atoms with Crippen molar-refractivity contribution in [2.24, 2.45) is 5.73 Å². The van der Waals surface area contributed by atoms with Gasteiger partial charge >= 0.3 is 7.82 Å². The Kier molecular flexibility index (Phi) is 36.4. The van der Waals surface area contributed by atoms with Crippen LogP contribution in [-0.4, -0.2) is 47.8 Å². The Hall–Kier alpha value is -0.760. The summed E-state index contributed by atoms with van der Waals surface area (Å²) in [6, 6.07) is -0.853. The fourth-order valence-electron chi connectivity index (χ4n) is 6.19. The van der Waals surface area contributed by atoms with E-state index >= 15 is 0 Å². The van der Waals surface area contributed by atoms with Gasteiger partial charge in [0.15, 0.2) is 0 Å². The largest absolute Gasteiger partial charge is 0.472 e. The van der Waals surface area contributed by atoms with Crippen LogP contribution in [0.3, 0.4) is 0 Å². The number of carbonyl (C=O) groups is 1. The fourth-order valence-corrected chi connectivity index (χ4v) is 6.95. The van der Waals surface area contributed by atoms with Crippen molar-refractivity contribution in [2.45, 2.75) is 219 Å². The quantitative estimate of drug-likeness (QED) is 0.0283. The van der Waals surface area contributed by atoms with Crippen molar-refractivity contribution in [1.29, 1.82) is 0 Å². The van der Waals surface area contributed by atoms with Gasteiger partial charge in [0.2, 0.25) is 5.91 Å². The van der Waals surface area contributed by atoms with Gasteiger partial charge in [-0.05, 0) is 19.3 Å². The van der Waals surface area contributed by atoms with Gasteiger partial charge < -0.3 is 21.1 Å². The van der Waals surface area contributed by atoms with Crippen LogP contribution in [-0.2, 0) is 18.4 Å². The van der Waals surface area contributed by atoms with Crippen molar-refractivity contribution >= 4 is 13.7 Å². The molecule has 0 aliphatic rings. The van der Waals surface area contributed by atoms with Gasteiger partial charge in [0.1, 0.15) is 0 Å². The zero-order valence-corrected chi connectivity index (χ0v) is 33.1. The molecule has 1 amide bonds. The molecule has 0 saturated heterocycles. The molecule has 3 atom stereocenters. The molecule has 292 valence electrons. The van der Waals surface area contributed by atoms with Crippen LogP contribution in [0.4, 0.5) is 0 Å². The molecule has 0 radical (unpaired) electrons. The summed E-state index contributed by atoms with van der Waals surface area (Å²) in [4.78, 5) is 22.6. The molecule has 9 heteroatoms. The minimum absolute atomic E-state index is 0.0811. The first-order valence-electron chi connectivity index (χ1n) is 20.8. The fraction of sp³-hybridized carbons (Fsp3) is 0.925. The van der Waals surface area contributed by atoms with Gasteiger partial charge in [-0.25, -0.2) is 4.57 Å². The molecule has 0 spiro atoms. The summed E-state index contributed by atoms with van der Waals surface area (Å²) in [5.41, 5.74) is 5.36. The predicted molar refractivity (Wildman–Crippen MR) is 208 cm³/mol. The van der Waals surface area contributed by atoms with E-state index in [-0.39, 0.29) is 25.7 Å². The van der Waals surface area contributed by atoms with E-state index in [2.05, 4.69) is 19.2 Å². The Balaban J connectivity index is 4.14. The van der Waals surface area contributed by atoms with Crippen LogP contribution in [0.5, 0.6) is 0 Å². The van der Waals surface area contributed by atoms with E-state index in [4.69, 9.17) is 14.8 Å². The number of amides is 1. The van der Waals surface area contributed by atoms with Crippen LogP contribution in [0.2, 0.25) is 0 Å². The summed E-state index contributed by atoms with van der Waals surface area (Å²) < 4.78 is 22.1. The van der Waals surface area contributed by atoms with Gasteiger partial charge in [-0.1, -0.05) is 193 Å². The van der Waals surface area contributed by atoms with Crippen LogP contribution in [0.15, 0.2) is 12.2 Å². The lowest BCUT2D eigenvalue weighted by atomic mass is 10.0. The van der Waals surface area contributed by atoms with Crippen LogP contribution in [0.1, 0.15) is 206 Å². The highest BCUT2D eigenvalue weighted by molar-refractivity contribution is 7.47. The highest BCUT2D eigenvalue weighted by Crippen LogP contribution is 2.43. The Morgan fingerprint density at radius 3 is 1.45 bits per heavy atom. The lowest BCUT2D eigenvalue weighted by Crippen LogP contribution is -2.45. The number of hydrogen-bond donors (Lipinski definition) is 4. The summed E-state index contributed by atoms with van der Waals surface area (Å²) in [6.07, 6.45) is 39.7. The second-order valence-corrected chi connectivity index (χ2v) is 15.7. The van der Waals surface area contributed by atoms with E-state index in [1.54, 1.807) is 6.08 Å². The average Bonchev–Trinajstić information content (AvgIpc) is 3.09. The van der Waals surface area contributed by atoms with E-state index < -0.39 is 20.0 Å². The number of nitrogens with one attached hydrogen (secondary N) is 1. The molecule has 8 nitrogen and oxygen atoms in total. The summed E-state index contributed by atoms with van der Waals surface area (Å²) in [5, 5.41) is 13.6. The molecule has 0 fully saturated rings. The number of phosphoric acid groups is 1. The predicted octanol–water partition coefficient (Wildman–Crippen LogP) is 11.2. The Morgan fingerprint density at radius 1 is 0.653 bits per heavy atom. The van der Waals surface area contributed by atoms with E-state index in [1.165, 1.54) is 148 Å². The first-order valence-corrected chi connectivity index (χ1v) is 22.3. The molecular weight excluding hydrogens is 635 g/mol. The smallest absolute Gasteiger partial charge is 0.387 e. The lowest BCUT2D eigenvalue weighted by Gasteiger charge is -2.23. The van der Waals surface area contributed by atoms with E-state index in [9.17, 15) is 19.4 Å². The molecule has 0 saturated carbocycles. The average molecular weight is 717 g/mol. The maximum atomic E-state index is 12.7. The van der Waals surface area contributed by atoms with Gasteiger partial charge in [-0.2, -0.15) is 0 Å². The molecule has 0 aliphatic carbocycles. The van der Waals surface area contributed by atoms with Crippen molar-refractivity contribution in [3.05, 3.63) is 12.2 Å². The highest BCUT2D eigenvalue weighted by Gasteiger charge is 2.26. The molecule has 0 aromatic rings. The third-order valence-electron chi connectivity index (χ3n) is 9.36. The minimum atomic E-state index is -4.33. The second kappa shape index (κ2) is 37.0. The molecule has 5 N–H and O–H groups in total. The topological polar surface area (TPSA) is 131 Å². The monoisotopic (exact) mass is 717 g/mol. The van der Waals surface area contributed by atoms with E-state index in [0.29, 0.717) is 6.42 Å². The van der Waals surface area contributed by atoms with Crippen LogP contribution in [0, 0.1) is 0 Å². The molecule has 0 aliphatic heterocycles. The normalized spacial score (nSPS) is 14.3. The molecule has 49 heavy (non-hydrogen) atoms. The number of aliphatic hydroxyl groups excluding tert-OH is 1. The number of allylic oxidation sites excluding steroid dienone is 1. The van der Waals surface area contributed by atoms with Gasteiger partial charge in [0.05, 0.1) is 25.4 Å². The Bertz CT molecular complexity index is 784. The lowest BCUT2D eigenvalue weighted by molar-refractivity contribution is -0.123. The van der Waals surface area contributed by atoms with Gasteiger partial charge in [-0.3, -0.25) is 13.8 Å². The van der Waals surface area contributed by atoms with E-state index in [0.717, 1.165) is 38.5 Å². The van der Waals surface area contributed by atoms with Crippen molar-refractivity contribution in [3.63, 3.8) is 0 Å². The zero-order chi connectivity index (χ0) is 36.1. The highest BCUT2D eigenvalue weighted by atomic mass is 31.2. The molecule has 0 bridgehead atoms. The van der Waals surface area contributed by atoms with Crippen molar-refractivity contribution in [1.82, 2.24) is 5.32 Å². The van der Waals surface area contributed by atoms with E-state index in [1.807, 2.05) is 6.08 Å².